The number of amides is 2. The summed E-state index contributed by atoms with van der Waals surface area (Å²) >= 11 is 0. The van der Waals surface area contributed by atoms with Crippen molar-refractivity contribution in [2.24, 2.45) is 5.92 Å². The van der Waals surface area contributed by atoms with Gasteiger partial charge in [-0.2, -0.15) is 0 Å². The fraction of sp³-hybridized carbons (Fsp3) is 0.500. The number of rotatable bonds is 7. The molecule has 136 valence electrons. The minimum Gasteiger partial charge on any atom is -0.479 e. The van der Waals surface area contributed by atoms with Crippen LogP contribution in [0.4, 0.5) is 5.69 Å². The Balaban J connectivity index is 2.14. The predicted octanol–water partition coefficient (Wildman–Crippen LogP) is 1.21. The maximum atomic E-state index is 12.5. The molecular formula is C18H24N2O5. The van der Waals surface area contributed by atoms with Crippen molar-refractivity contribution in [1.29, 1.82) is 0 Å². The number of nitrogens with one attached hydrogen (secondary N) is 1. The van der Waals surface area contributed by atoms with E-state index in [2.05, 4.69) is 5.32 Å². The van der Waals surface area contributed by atoms with E-state index < -0.39 is 23.3 Å². The van der Waals surface area contributed by atoms with Gasteiger partial charge in [-0.15, -0.1) is 0 Å². The van der Waals surface area contributed by atoms with Gasteiger partial charge in [-0.05, 0) is 25.0 Å². The van der Waals surface area contributed by atoms with Crippen molar-refractivity contribution in [2.75, 3.05) is 25.2 Å². The Morgan fingerprint density at radius 2 is 2.08 bits per heavy atom. The lowest BCUT2D eigenvalue weighted by molar-refractivity contribution is -0.149. The number of carbonyl (C=O) groups is 3. The molecule has 0 radical (unpaired) electrons. The molecule has 1 aromatic rings. The molecule has 2 atom stereocenters. The van der Waals surface area contributed by atoms with Crippen molar-refractivity contribution >= 4 is 23.5 Å². The highest BCUT2D eigenvalue weighted by Crippen LogP contribution is 2.28. The van der Waals surface area contributed by atoms with E-state index in [4.69, 9.17) is 4.74 Å². The van der Waals surface area contributed by atoms with E-state index in [-0.39, 0.29) is 25.5 Å². The number of methoxy groups -OCH3 is 1. The maximum absolute atomic E-state index is 12.5. The Morgan fingerprint density at radius 3 is 2.68 bits per heavy atom. The lowest BCUT2D eigenvalue weighted by atomic mass is 10.0. The first kappa shape index (κ1) is 18.9. The second kappa shape index (κ2) is 7.65. The highest BCUT2D eigenvalue weighted by molar-refractivity contribution is 6.01. The Labute approximate surface area is 147 Å². The molecular weight excluding hydrogens is 324 g/mol. The number of anilines is 1. The van der Waals surface area contributed by atoms with Gasteiger partial charge in [-0.25, -0.2) is 4.79 Å². The summed E-state index contributed by atoms with van der Waals surface area (Å²) < 4.78 is 4.90. The van der Waals surface area contributed by atoms with E-state index in [1.165, 1.54) is 14.0 Å². The number of hydrogen-bond acceptors (Lipinski definition) is 4. The average Bonchev–Trinajstić information content (AvgIpc) is 2.96. The Bertz CT molecular complexity index is 675. The maximum Gasteiger partial charge on any atom is 0.331 e. The van der Waals surface area contributed by atoms with Crippen molar-refractivity contribution in [3.63, 3.8) is 0 Å². The SMILES string of the molecule is CCc1ccccc1N1CC(C(=O)NC(C)(COC)C(=O)O)CC1=O. The molecule has 0 aliphatic carbocycles. The molecule has 1 saturated heterocycles. The first-order chi connectivity index (χ1) is 11.8. The van der Waals surface area contributed by atoms with Gasteiger partial charge in [0.25, 0.3) is 0 Å². The number of para-hydroxylation sites is 1. The minimum atomic E-state index is -1.52. The molecule has 2 rings (SSSR count). The van der Waals surface area contributed by atoms with Crippen LogP contribution in [0.5, 0.6) is 0 Å². The third-order valence-corrected chi connectivity index (χ3v) is 4.46. The summed E-state index contributed by atoms with van der Waals surface area (Å²) in [7, 11) is 1.37. The number of benzene rings is 1. The van der Waals surface area contributed by atoms with E-state index in [0.29, 0.717) is 0 Å². The van der Waals surface area contributed by atoms with E-state index in [0.717, 1.165) is 17.7 Å². The van der Waals surface area contributed by atoms with Gasteiger partial charge in [0.05, 0.1) is 12.5 Å². The van der Waals surface area contributed by atoms with Gasteiger partial charge in [0.1, 0.15) is 0 Å². The lowest BCUT2D eigenvalue weighted by Gasteiger charge is -2.27. The summed E-state index contributed by atoms with van der Waals surface area (Å²) in [5.74, 6) is -2.36. The molecule has 2 N–H and O–H groups in total. The van der Waals surface area contributed by atoms with Crippen LogP contribution in [-0.4, -0.2) is 48.7 Å². The van der Waals surface area contributed by atoms with Crippen LogP contribution in [0, 0.1) is 5.92 Å². The number of carbonyl (C=O) groups excluding carboxylic acids is 2. The molecule has 25 heavy (non-hydrogen) atoms. The average molecular weight is 348 g/mol. The Morgan fingerprint density at radius 1 is 1.40 bits per heavy atom. The predicted molar refractivity (Wildman–Crippen MR) is 92.3 cm³/mol. The summed E-state index contributed by atoms with van der Waals surface area (Å²) in [6, 6.07) is 7.59. The van der Waals surface area contributed by atoms with Crippen molar-refractivity contribution in [3.8, 4) is 0 Å². The van der Waals surface area contributed by atoms with Gasteiger partial charge < -0.3 is 20.1 Å². The zero-order valence-electron chi connectivity index (χ0n) is 14.7. The fourth-order valence-electron chi connectivity index (χ4n) is 3.00. The molecule has 1 aliphatic rings. The molecule has 7 nitrogen and oxygen atoms in total. The largest absolute Gasteiger partial charge is 0.479 e. The third-order valence-electron chi connectivity index (χ3n) is 4.46. The normalized spacial score (nSPS) is 19.6. The smallest absolute Gasteiger partial charge is 0.331 e. The highest BCUT2D eigenvalue weighted by atomic mass is 16.5. The van der Waals surface area contributed by atoms with E-state index in [9.17, 15) is 19.5 Å². The minimum absolute atomic E-state index is 0.0621. The van der Waals surface area contributed by atoms with Crippen LogP contribution in [0.2, 0.25) is 0 Å². The highest BCUT2D eigenvalue weighted by Gasteiger charge is 2.41. The summed E-state index contributed by atoms with van der Waals surface area (Å²) in [5.41, 5.74) is 0.318. The molecule has 0 bridgehead atoms. The van der Waals surface area contributed by atoms with Crippen LogP contribution in [0.15, 0.2) is 24.3 Å². The van der Waals surface area contributed by atoms with Gasteiger partial charge in [-0.1, -0.05) is 25.1 Å². The van der Waals surface area contributed by atoms with Crippen molar-refractivity contribution in [3.05, 3.63) is 29.8 Å². The molecule has 1 fully saturated rings. The number of aryl methyl sites for hydroxylation is 1. The summed E-state index contributed by atoms with van der Waals surface area (Å²) in [4.78, 5) is 37.9. The number of carboxylic acids is 1. The van der Waals surface area contributed by atoms with Gasteiger partial charge in [0.2, 0.25) is 11.8 Å². The van der Waals surface area contributed by atoms with Gasteiger partial charge in [-0.3, -0.25) is 9.59 Å². The van der Waals surface area contributed by atoms with Crippen LogP contribution < -0.4 is 10.2 Å². The van der Waals surface area contributed by atoms with Crippen LogP contribution in [0.1, 0.15) is 25.8 Å². The standard InChI is InChI=1S/C18H24N2O5/c1-4-12-7-5-6-8-14(12)20-10-13(9-15(20)21)16(22)19-18(2,11-25-3)17(23)24/h5-8,13H,4,9-11H2,1-3H3,(H,19,22)(H,23,24). The monoisotopic (exact) mass is 348 g/mol. The fourth-order valence-corrected chi connectivity index (χ4v) is 3.00. The van der Waals surface area contributed by atoms with Gasteiger partial charge >= 0.3 is 5.97 Å². The summed E-state index contributed by atoms with van der Waals surface area (Å²) in [6.07, 6.45) is 0.842. The molecule has 1 aromatic carbocycles. The second-order valence-electron chi connectivity index (χ2n) is 6.45. The van der Waals surface area contributed by atoms with Crippen molar-refractivity contribution in [2.45, 2.75) is 32.2 Å². The first-order valence-electron chi connectivity index (χ1n) is 8.25. The summed E-state index contributed by atoms with van der Waals surface area (Å²) in [6.45, 7) is 3.48. The van der Waals surface area contributed by atoms with Crippen LogP contribution >= 0.6 is 0 Å². The van der Waals surface area contributed by atoms with E-state index in [1.807, 2.05) is 31.2 Å². The molecule has 1 aliphatic heterocycles. The third kappa shape index (κ3) is 3.99. The van der Waals surface area contributed by atoms with E-state index in [1.54, 1.807) is 4.90 Å². The number of hydrogen-bond donors (Lipinski definition) is 2. The van der Waals surface area contributed by atoms with Crippen molar-refractivity contribution in [1.82, 2.24) is 5.32 Å². The van der Waals surface area contributed by atoms with Crippen molar-refractivity contribution < 1.29 is 24.2 Å². The number of aliphatic carboxylic acids is 1. The topological polar surface area (TPSA) is 95.9 Å². The molecule has 7 heteroatoms. The van der Waals surface area contributed by atoms with Crippen LogP contribution in [0.3, 0.4) is 0 Å². The zero-order chi connectivity index (χ0) is 18.6. The molecule has 0 spiro atoms. The Kier molecular flexibility index (Phi) is 5.79. The van der Waals surface area contributed by atoms with Crippen LogP contribution in [0.25, 0.3) is 0 Å². The molecule has 1 heterocycles. The number of ether oxygens (including phenoxy) is 1. The van der Waals surface area contributed by atoms with Gasteiger partial charge in [0, 0.05) is 25.8 Å². The molecule has 2 unspecified atom stereocenters. The second-order valence-corrected chi connectivity index (χ2v) is 6.45. The summed E-state index contributed by atoms with van der Waals surface area (Å²) in [5, 5.41) is 11.8. The molecule has 0 saturated carbocycles. The lowest BCUT2D eigenvalue weighted by Crippen LogP contribution is -2.56. The quantitative estimate of drug-likeness (QED) is 0.772. The number of nitrogens with zero attached hydrogens (tertiary/aromatic N) is 1. The van der Waals surface area contributed by atoms with Crippen LogP contribution in [-0.2, 0) is 25.5 Å². The Hall–Kier alpha value is -2.41. The van der Waals surface area contributed by atoms with E-state index >= 15 is 0 Å². The zero-order valence-corrected chi connectivity index (χ0v) is 14.7. The number of carboxylic acid groups (broad SMARTS) is 1. The van der Waals surface area contributed by atoms with Gasteiger partial charge in [0.15, 0.2) is 5.54 Å². The molecule has 0 aromatic heterocycles. The first-order valence-corrected chi connectivity index (χ1v) is 8.25. The molecule has 2 amide bonds.